The Kier molecular flexibility index (Phi) is 2.91. The highest BCUT2D eigenvalue weighted by Crippen LogP contribution is 2.58. The lowest BCUT2D eigenvalue weighted by molar-refractivity contribution is 0.0671. The molecule has 26 heavy (non-hydrogen) atoms. The number of hydrogen-bond donors (Lipinski definition) is 0. The van der Waals surface area contributed by atoms with Crippen LogP contribution < -0.4 is 0 Å². The van der Waals surface area contributed by atoms with E-state index in [2.05, 4.69) is 70.2 Å². The van der Waals surface area contributed by atoms with Crippen LogP contribution in [0.1, 0.15) is 41.4 Å². The Labute approximate surface area is 151 Å². The Hall–Kier alpha value is -2.91. The maximum atomic E-state index is 6.36. The predicted octanol–water partition coefficient (Wildman–Crippen LogP) is 5.33. The molecule has 0 radical (unpaired) electrons. The normalized spacial score (nSPS) is 23.5. The largest absolute Gasteiger partial charge is 0.365 e. The fourth-order valence-corrected chi connectivity index (χ4v) is 4.70. The van der Waals surface area contributed by atoms with Crippen molar-refractivity contribution in [3.05, 3.63) is 95.8 Å². The minimum absolute atomic E-state index is 0.142. The van der Waals surface area contributed by atoms with Gasteiger partial charge >= 0.3 is 0 Å². The van der Waals surface area contributed by atoms with Crippen molar-refractivity contribution in [2.24, 2.45) is 0 Å². The first-order chi connectivity index (χ1) is 12.9. The molecule has 4 aromatic rings. The number of para-hydroxylation sites is 1. The predicted molar refractivity (Wildman–Crippen MR) is 101 cm³/mol. The van der Waals surface area contributed by atoms with Crippen molar-refractivity contribution >= 4 is 10.9 Å². The van der Waals surface area contributed by atoms with E-state index in [1.807, 2.05) is 18.3 Å². The standard InChI is InChI=1S/C23H18N2O/c1-4-10-19-15(7-1)13-20(25(19)22-11-5-6-12-24-22)18-14-21-16-8-2-3-9-17(16)23(18)26-21/h1-13,18,21,23H,14H2. The van der Waals surface area contributed by atoms with Crippen LogP contribution in [0.5, 0.6) is 0 Å². The molecule has 3 heteroatoms. The van der Waals surface area contributed by atoms with Crippen LogP contribution in [0.2, 0.25) is 0 Å². The second kappa shape index (κ2) is 5.29. The highest BCUT2D eigenvalue weighted by atomic mass is 16.5. The fraction of sp³-hybridized carbons (Fsp3) is 0.174. The van der Waals surface area contributed by atoms with E-state index in [9.17, 15) is 0 Å². The second-order valence-electron chi connectivity index (χ2n) is 7.17. The summed E-state index contributed by atoms with van der Waals surface area (Å²) in [6.45, 7) is 0. The molecule has 0 aliphatic carbocycles. The number of ether oxygens (including phenoxy) is 1. The number of pyridine rings is 1. The van der Waals surface area contributed by atoms with Gasteiger partial charge in [0, 0.05) is 23.2 Å². The van der Waals surface area contributed by atoms with Crippen LogP contribution in [0.25, 0.3) is 16.7 Å². The Bertz CT molecular complexity index is 1120. The molecule has 0 spiro atoms. The van der Waals surface area contributed by atoms with E-state index in [1.165, 1.54) is 27.7 Å². The van der Waals surface area contributed by atoms with Crippen LogP contribution in [-0.4, -0.2) is 9.55 Å². The molecule has 2 aromatic carbocycles. The molecule has 2 aromatic heterocycles. The molecule has 2 aliphatic heterocycles. The van der Waals surface area contributed by atoms with Gasteiger partial charge in [0.25, 0.3) is 0 Å². The zero-order chi connectivity index (χ0) is 17.1. The first-order valence-electron chi connectivity index (χ1n) is 9.16. The number of rotatable bonds is 2. The Morgan fingerprint density at radius 3 is 2.58 bits per heavy atom. The molecule has 0 saturated carbocycles. The number of nitrogens with zero attached hydrogens (tertiary/aromatic N) is 2. The van der Waals surface area contributed by atoms with Crippen molar-refractivity contribution < 1.29 is 4.74 Å². The second-order valence-corrected chi connectivity index (χ2v) is 7.17. The lowest BCUT2D eigenvalue weighted by Gasteiger charge is -2.23. The van der Waals surface area contributed by atoms with E-state index in [4.69, 9.17) is 4.74 Å². The molecule has 0 amide bonds. The average molecular weight is 338 g/mol. The van der Waals surface area contributed by atoms with Crippen LogP contribution in [0.4, 0.5) is 0 Å². The lowest BCUT2D eigenvalue weighted by atomic mass is 9.82. The topological polar surface area (TPSA) is 27.1 Å². The van der Waals surface area contributed by atoms with Crippen LogP contribution in [-0.2, 0) is 4.74 Å². The Balaban J connectivity index is 1.56. The third-order valence-corrected chi connectivity index (χ3v) is 5.79. The minimum atomic E-state index is 0.142. The van der Waals surface area contributed by atoms with Crippen LogP contribution in [0, 0.1) is 0 Å². The zero-order valence-electron chi connectivity index (χ0n) is 14.2. The molecule has 1 fully saturated rings. The summed E-state index contributed by atoms with van der Waals surface area (Å²) in [5.74, 6) is 1.32. The van der Waals surface area contributed by atoms with Crippen molar-refractivity contribution in [1.82, 2.24) is 9.55 Å². The highest BCUT2D eigenvalue weighted by molar-refractivity contribution is 5.83. The first kappa shape index (κ1) is 14.3. The van der Waals surface area contributed by atoms with Gasteiger partial charge in [0.2, 0.25) is 0 Å². The van der Waals surface area contributed by atoms with Crippen molar-refractivity contribution in [1.29, 1.82) is 0 Å². The van der Waals surface area contributed by atoms with Crippen molar-refractivity contribution in [2.45, 2.75) is 24.5 Å². The van der Waals surface area contributed by atoms with Gasteiger partial charge in [-0.05, 0) is 41.8 Å². The van der Waals surface area contributed by atoms with E-state index < -0.39 is 0 Å². The summed E-state index contributed by atoms with van der Waals surface area (Å²) in [6, 6.07) is 25.6. The molecule has 1 saturated heterocycles. The summed E-state index contributed by atoms with van der Waals surface area (Å²) in [6.07, 6.45) is 3.25. The summed E-state index contributed by atoms with van der Waals surface area (Å²) in [5, 5.41) is 1.25. The number of benzene rings is 2. The summed E-state index contributed by atoms with van der Waals surface area (Å²) in [5.41, 5.74) is 5.23. The molecule has 4 heterocycles. The third-order valence-electron chi connectivity index (χ3n) is 5.79. The molecule has 3 atom stereocenters. The van der Waals surface area contributed by atoms with E-state index in [0.717, 1.165) is 12.2 Å². The van der Waals surface area contributed by atoms with Crippen LogP contribution in [0.3, 0.4) is 0 Å². The maximum absolute atomic E-state index is 6.36. The SMILES string of the molecule is c1ccc(-n2c(C3CC4OC3c3ccccc34)cc3ccccc32)nc1. The zero-order valence-corrected chi connectivity index (χ0v) is 14.2. The van der Waals surface area contributed by atoms with Gasteiger partial charge in [-0.1, -0.05) is 48.5 Å². The summed E-state index contributed by atoms with van der Waals surface area (Å²) < 4.78 is 8.68. The Morgan fingerprint density at radius 1 is 0.885 bits per heavy atom. The molecular formula is C23H18N2O. The molecule has 3 nitrogen and oxygen atoms in total. The average Bonchev–Trinajstić information content (AvgIpc) is 3.40. The van der Waals surface area contributed by atoms with Crippen LogP contribution >= 0.6 is 0 Å². The van der Waals surface area contributed by atoms with E-state index in [-0.39, 0.29) is 12.2 Å². The van der Waals surface area contributed by atoms with Gasteiger partial charge in [-0.3, -0.25) is 4.57 Å². The first-order valence-corrected chi connectivity index (χ1v) is 9.16. The molecule has 126 valence electrons. The quantitative estimate of drug-likeness (QED) is 0.494. The number of hydrogen-bond acceptors (Lipinski definition) is 2. The third kappa shape index (κ3) is 1.89. The van der Waals surface area contributed by atoms with E-state index in [1.54, 1.807) is 0 Å². The summed E-state index contributed by atoms with van der Waals surface area (Å²) in [7, 11) is 0. The Morgan fingerprint density at radius 2 is 1.69 bits per heavy atom. The number of aromatic nitrogens is 2. The smallest absolute Gasteiger partial charge is 0.137 e. The molecule has 3 unspecified atom stereocenters. The van der Waals surface area contributed by atoms with E-state index in [0.29, 0.717) is 5.92 Å². The molecule has 2 aliphatic rings. The molecule has 0 N–H and O–H groups in total. The van der Waals surface area contributed by atoms with Gasteiger partial charge in [-0.15, -0.1) is 0 Å². The van der Waals surface area contributed by atoms with Crippen LogP contribution in [0.15, 0.2) is 79.0 Å². The van der Waals surface area contributed by atoms with Gasteiger partial charge in [0.05, 0.1) is 17.7 Å². The monoisotopic (exact) mass is 338 g/mol. The molecule has 2 bridgehead atoms. The van der Waals surface area contributed by atoms with E-state index >= 15 is 0 Å². The molecular weight excluding hydrogens is 320 g/mol. The van der Waals surface area contributed by atoms with Gasteiger partial charge in [0.1, 0.15) is 5.82 Å². The lowest BCUT2D eigenvalue weighted by Crippen LogP contribution is -2.13. The highest BCUT2D eigenvalue weighted by Gasteiger charge is 2.46. The summed E-state index contributed by atoms with van der Waals surface area (Å²) >= 11 is 0. The van der Waals surface area contributed by atoms with Gasteiger partial charge in [-0.2, -0.15) is 0 Å². The molecule has 6 rings (SSSR count). The maximum Gasteiger partial charge on any atom is 0.137 e. The van der Waals surface area contributed by atoms with Gasteiger partial charge < -0.3 is 4.74 Å². The van der Waals surface area contributed by atoms with Crippen molar-refractivity contribution in [3.8, 4) is 5.82 Å². The fourth-order valence-electron chi connectivity index (χ4n) is 4.70. The summed E-state index contributed by atoms with van der Waals surface area (Å²) in [4.78, 5) is 4.63. The van der Waals surface area contributed by atoms with Gasteiger partial charge in [0.15, 0.2) is 0 Å². The van der Waals surface area contributed by atoms with Gasteiger partial charge in [-0.25, -0.2) is 4.98 Å². The minimum Gasteiger partial charge on any atom is -0.365 e. The van der Waals surface area contributed by atoms with Crippen molar-refractivity contribution in [3.63, 3.8) is 0 Å². The number of fused-ring (bicyclic) bond motifs is 6. The van der Waals surface area contributed by atoms with Crippen molar-refractivity contribution in [2.75, 3.05) is 0 Å².